The van der Waals surface area contributed by atoms with Crippen molar-refractivity contribution in [3.05, 3.63) is 24.3 Å². The normalized spacial score (nSPS) is 13.8. The third-order valence-electron chi connectivity index (χ3n) is 1.24. The van der Waals surface area contributed by atoms with Crippen molar-refractivity contribution in [2.75, 3.05) is 0 Å². The topological polar surface area (TPSA) is 35.5 Å². The standard InChI is InChI=1S/C6H6O2.O.Sn/c7-5-3-1-2-4-6(5)8;;/h1-4,7-8H;;/q;;+2/p-2. The average Bonchev–Trinajstić information content (AvgIpc) is 2.27. The summed E-state index contributed by atoms with van der Waals surface area (Å²) < 4.78 is 20.6. The third-order valence-corrected chi connectivity index (χ3v) is 3.44. The van der Waals surface area contributed by atoms with Crippen LogP contribution in [0, 0.1) is 0 Å². The number of rotatable bonds is 0. The first-order valence-corrected chi connectivity index (χ1v) is 6.34. The van der Waals surface area contributed by atoms with Gasteiger partial charge in [-0.05, 0) is 0 Å². The molecular formula is C6H4O3Sn. The molecule has 10 heavy (non-hydrogen) atoms. The van der Waals surface area contributed by atoms with E-state index >= 15 is 0 Å². The van der Waals surface area contributed by atoms with Crippen molar-refractivity contribution < 1.29 is 9.23 Å². The van der Waals surface area contributed by atoms with Crippen LogP contribution < -0.4 is 6.15 Å². The Kier molecular flexibility index (Phi) is 1.37. The Labute approximate surface area is 65.8 Å². The van der Waals surface area contributed by atoms with Gasteiger partial charge in [0.25, 0.3) is 0 Å². The van der Waals surface area contributed by atoms with Crippen LogP contribution in [0.2, 0.25) is 0 Å². The second kappa shape index (κ2) is 2.23. The van der Waals surface area contributed by atoms with E-state index in [1.54, 1.807) is 12.1 Å². The van der Waals surface area contributed by atoms with Gasteiger partial charge in [0.1, 0.15) is 0 Å². The van der Waals surface area contributed by atoms with E-state index in [2.05, 4.69) is 0 Å². The van der Waals surface area contributed by atoms with Gasteiger partial charge >= 0.3 is 65.6 Å². The van der Waals surface area contributed by atoms with Gasteiger partial charge in [-0.25, -0.2) is 0 Å². The van der Waals surface area contributed by atoms with Gasteiger partial charge in [0, 0.05) is 0 Å². The molecule has 0 fully saturated rings. The molecule has 0 spiro atoms. The van der Waals surface area contributed by atoms with E-state index in [4.69, 9.17) is 6.15 Å². The number of benzene rings is 1. The van der Waals surface area contributed by atoms with E-state index in [0.717, 1.165) is 0 Å². The zero-order valence-corrected chi connectivity index (χ0v) is 7.89. The van der Waals surface area contributed by atoms with E-state index in [9.17, 15) is 3.08 Å². The van der Waals surface area contributed by atoms with Crippen LogP contribution in [0.15, 0.2) is 24.3 Å². The maximum atomic E-state index is 10.7. The molecule has 0 saturated heterocycles. The Morgan fingerprint density at radius 3 is 2.10 bits per heavy atom. The van der Waals surface area contributed by atoms with Crippen molar-refractivity contribution in [1.29, 1.82) is 0 Å². The molecule has 2 rings (SSSR count). The van der Waals surface area contributed by atoms with E-state index < -0.39 is 20.6 Å². The molecule has 0 radical (unpaired) electrons. The number of para-hydroxylation sites is 2. The molecule has 0 bridgehead atoms. The Morgan fingerprint density at radius 2 is 1.60 bits per heavy atom. The van der Waals surface area contributed by atoms with Crippen LogP contribution in [0.5, 0.6) is 11.5 Å². The monoisotopic (exact) mass is 244 g/mol. The van der Waals surface area contributed by atoms with Crippen molar-refractivity contribution >= 4 is 20.6 Å². The fourth-order valence-corrected chi connectivity index (χ4v) is 2.93. The minimum absolute atomic E-state index is 0.618. The van der Waals surface area contributed by atoms with Crippen molar-refractivity contribution in [3.63, 3.8) is 0 Å². The van der Waals surface area contributed by atoms with Gasteiger partial charge in [0.15, 0.2) is 0 Å². The van der Waals surface area contributed by atoms with Gasteiger partial charge in [-0.2, -0.15) is 0 Å². The maximum absolute atomic E-state index is 10.7. The summed E-state index contributed by atoms with van der Waals surface area (Å²) in [4.78, 5) is 0. The number of hydrogen-bond acceptors (Lipinski definition) is 3. The Balaban J connectivity index is 2.51. The molecule has 3 nitrogen and oxygen atoms in total. The molecule has 50 valence electrons. The molecule has 0 atom stereocenters. The first kappa shape index (κ1) is 6.15. The molecule has 0 N–H and O–H groups in total. The van der Waals surface area contributed by atoms with Gasteiger partial charge in [-0.1, -0.05) is 0 Å². The summed E-state index contributed by atoms with van der Waals surface area (Å²) in [6.45, 7) is 0. The van der Waals surface area contributed by atoms with Crippen LogP contribution in [-0.2, 0) is 3.08 Å². The summed E-state index contributed by atoms with van der Waals surface area (Å²) in [7, 11) is 0. The van der Waals surface area contributed by atoms with Crippen LogP contribution in [0.3, 0.4) is 0 Å². The first-order valence-electron chi connectivity index (χ1n) is 2.85. The van der Waals surface area contributed by atoms with Crippen molar-refractivity contribution in [2.45, 2.75) is 0 Å². The molecule has 0 aliphatic carbocycles. The molecule has 0 amide bonds. The molecule has 1 heterocycles. The molecular weight excluding hydrogens is 239 g/mol. The third kappa shape index (κ3) is 0.901. The Bertz CT molecular complexity index is 257. The van der Waals surface area contributed by atoms with Crippen LogP contribution in [0.1, 0.15) is 0 Å². The van der Waals surface area contributed by atoms with Crippen LogP contribution >= 0.6 is 0 Å². The second-order valence-electron chi connectivity index (χ2n) is 1.90. The summed E-state index contributed by atoms with van der Waals surface area (Å²) in [5.41, 5.74) is 0. The van der Waals surface area contributed by atoms with Gasteiger partial charge in [0.05, 0.1) is 0 Å². The molecule has 1 aliphatic rings. The molecule has 4 heteroatoms. The van der Waals surface area contributed by atoms with Gasteiger partial charge in [0.2, 0.25) is 0 Å². The predicted molar refractivity (Wildman–Crippen MR) is 34.1 cm³/mol. The second-order valence-corrected chi connectivity index (χ2v) is 4.49. The summed E-state index contributed by atoms with van der Waals surface area (Å²) in [6.07, 6.45) is 0. The van der Waals surface area contributed by atoms with Crippen molar-refractivity contribution in [1.82, 2.24) is 0 Å². The van der Waals surface area contributed by atoms with Crippen LogP contribution in [-0.4, -0.2) is 20.6 Å². The van der Waals surface area contributed by atoms with E-state index in [-0.39, 0.29) is 0 Å². The summed E-state index contributed by atoms with van der Waals surface area (Å²) >= 11 is -3.09. The molecule has 0 aromatic heterocycles. The summed E-state index contributed by atoms with van der Waals surface area (Å²) in [5, 5.41) is 0. The fraction of sp³-hybridized carbons (Fsp3) is 0. The van der Waals surface area contributed by atoms with Crippen molar-refractivity contribution in [3.8, 4) is 11.5 Å². The van der Waals surface area contributed by atoms with Crippen LogP contribution in [0.25, 0.3) is 0 Å². The summed E-state index contributed by atoms with van der Waals surface area (Å²) in [6, 6.07) is 7.15. The van der Waals surface area contributed by atoms with Crippen LogP contribution in [0.4, 0.5) is 0 Å². The summed E-state index contributed by atoms with van der Waals surface area (Å²) in [5.74, 6) is 1.24. The Hall–Kier alpha value is -0.581. The molecule has 0 unspecified atom stereocenters. The molecule has 0 saturated carbocycles. The van der Waals surface area contributed by atoms with Gasteiger partial charge in [-0.3, -0.25) is 0 Å². The SMILES string of the molecule is [O]=[Sn]1[O]c2ccccc2[O]1. The average molecular weight is 243 g/mol. The van der Waals surface area contributed by atoms with Crippen molar-refractivity contribution in [2.24, 2.45) is 0 Å². The van der Waals surface area contributed by atoms with Gasteiger partial charge in [-0.15, -0.1) is 0 Å². The Morgan fingerprint density at radius 1 is 1.10 bits per heavy atom. The number of fused-ring (bicyclic) bond motifs is 1. The molecule has 1 aliphatic heterocycles. The first-order chi connectivity index (χ1) is 4.86. The van der Waals surface area contributed by atoms with Gasteiger partial charge < -0.3 is 0 Å². The zero-order chi connectivity index (χ0) is 6.97. The fourth-order valence-electron chi connectivity index (χ4n) is 0.819. The minimum atomic E-state index is -3.09. The molecule has 1 aromatic rings. The van der Waals surface area contributed by atoms with E-state index in [1.165, 1.54) is 0 Å². The molecule has 1 aromatic carbocycles. The van der Waals surface area contributed by atoms with E-state index in [0.29, 0.717) is 11.5 Å². The number of hydrogen-bond donors (Lipinski definition) is 0. The zero-order valence-electron chi connectivity index (χ0n) is 5.03. The predicted octanol–water partition coefficient (Wildman–Crippen LogP) is 0.873. The quantitative estimate of drug-likeness (QED) is 0.634. The van der Waals surface area contributed by atoms with E-state index in [1.807, 2.05) is 12.1 Å².